The molecule has 0 bridgehead atoms. The highest BCUT2D eigenvalue weighted by Gasteiger charge is 2.13. The average molecular weight is 320 g/mol. The minimum Gasteiger partial charge on any atom is -0.355 e. The zero-order valence-corrected chi connectivity index (χ0v) is 11.8. The van der Waals surface area contributed by atoms with E-state index in [1.807, 2.05) is 6.92 Å². The molecule has 0 heterocycles. The third kappa shape index (κ3) is 4.72. The molecular formula is C13H16BrF2NO. The van der Waals surface area contributed by atoms with E-state index in [2.05, 4.69) is 21.2 Å². The summed E-state index contributed by atoms with van der Waals surface area (Å²) < 4.78 is 26.6. The molecule has 1 aromatic carbocycles. The van der Waals surface area contributed by atoms with Gasteiger partial charge in [0, 0.05) is 16.9 Å². The van der Waals surface area contributed by atoms with E-state index in [1.165, 1.54) is 6.07 Å². The van der Waals surface area contributed by atoms with Crippen molar-refractivity contribution in [1.82, 2.24) is 5.32 Å². The molecule has 1 aromatic rings. The number of carbonyl (C=O) groups excluding carboxylic acids is 1. The highest BCUT2D eigenvalue weighted by molar-refractivity contribution is 9.09. The second kappa shape index (κ2) is 7.46. The fraction of sp³-hybridized carbons (Fsp3) is 0.462. The Morgan fingerprint density at radius 2 is 2.00 bits per heavy atom. The van der Waals surface area contributed by atoms with Gasteiger partial charge in [-0.25, -0.2) is 8.78 Å². The van der Waals surface area contributed by atoms with E-state index in [-0.39, 0.29) is 22.7 Å². The van der Waals surface area contributed by atoms with Crippen LogP contribution in [0, 0.1) is 11.6 Å². The Kier molecular flexibility index (Phi) is 6.25. The number of hydrogen-bond donors (Lipinski definition) is 1. The van der Waals surface area contributed by atoms with Crippen molar-refractivity contribution in [3.63, 3.8) is 0 Å². The van der Waals surface area contributed by atoms with E-state index >= 15 is 0 Å². The first-order chi connectivity index (χ1) is 8.54. The first kappa shape index (κ1) is 15.1. The van der Waals surface area contributed by atoms with Crippen LogP contribution in [0.2, 0.25) is 0 Å². The van der Waals surface area contributed by atoms with Crippen LogP contribution in [0.5, 0.6) is 0 Å². The summed E-state index contributed by atoms with van der Waals surface area (Å²) in [6.07, 6.45) is 1.67. The summed E-state index contributed by atoms with van der Waals surface area (Å²) in [5.74, 6) is -1.75. The van der Waals surface area contributed by atoms with Crippen molar-refractivity contribution in [3.05, 3.63) is 35.4 Å². The minimum atomic E-state index is -0.686. The highest BCUT2D eigenvalue weighted by atomic mass is 79.9. The van der Waals surface area contributed by atoms with Gasteiger partial charge in [0.05, 0.1) is 6.42 Å². The van der Waals surface area contributed by atoms with Crippen LogP contribution in [0.15, 0.2) is 18.2 Å². The maximum absolute atomic E-state index is 13.3. The van der Waals surface area contributed by atoms with Gasteiger partial charge >= 0.3 is 0 Å². The fourth-order valence-corrected chi connectivity index (χ4v) is 2.18. The molecule has 5 heteroatoms. The number of carbonyl (C=O) groups is 1. The standard InChI is InChI=1S/C13H16BrF2NO/c1-2-4-9(14)8-17-13(18)7-10-11(15)5-3-6-12(10)16/h3,5-6,9H,2,4,7-8H2,1H3,(H,17,18). The number of alkyl halides is 1. The molecule has 1 amide bonds. The number of nitrogens with one attached hydrogen (secondary N) is 1. The Labute approximate surface area is 114 Å². The zero-order valence-electron chi connectivity index (χ0n) is 10.2. The van der Waals surface area contributed by atoms with Crippen molar-refractivity contribution in [2.75, 3.05) is 6.54 Å². The molecule has 0 aliphatic rings. The van der Waals surface area contributed by atoms with Crippen LogP contribution in [0.3, 0.4) is 0 Å². The van der Waals surface area contributed by atoms with Gasteiger partial charge in [0.25, 0.3) is 0 Å². The van der Waals surface area contributed by atoms with Crippen molar-refractivity contribution in [1.29, 1.82) is 0 Å². The number of rotatable bonds is 6. The van der Waals surface area contributed by atoms with Crippen LogP contribution in [-0.4, -0.2) is 17.3 Å². The molecule has 0 saturated carbocycles. The second-order valence-corrected chi connectivity index (χ2v) is 5.36. The van der Waals surface area contributed by atoms with E-state index in [0.29, 0.717) is 6.54 Å². The van der Waals surface area contributed by atoms with Crippen LogP contribution in [0.25, 0.3) is 0 Å². The predicted molar refractivity (Wildman–Crippen MR) is 70.7 cm³/mol. The average Bonchev–Trinajstić information content (AvgIpc) is 2.32. The van der Waals surface area contributed by atoms with Gasteiger partial charge in [-0.3, -0.25) is 4.79 Å². The smallest absolute Gasteiger partial charge is 0.224 e. The quantitative estimate of drug-likeness (QED) is 0.802. The molecule has 100 valence electrons. The summed E-state index contributed by atoms with van der Waals surface area (Å²) in [6, 6.07) is 3.58. The highest BCUT2D eigenvalue weighted by Crippen LogP contribution is 2.12. The molecule has 1 atom stereocenters. The molecule has 1 N–H and O–H groups in total. The van der Waals surface area contributed by atoms with Gasteiger partial charge < -0.3 is 5.32 Å². The first-order valence-electron chi connectivity index (χ1n) is 5.88. The lowest BCUT2D eigenvalue weighted by molar-refractivity contribution is -0.120. The van der Waals surface area contributed by atoms with Crippen LogP contribution in [0.4, 0.5) is 8.78 Å². The maximum atomic E-state index is 13.3. The molecule has 2 nitrogen and oxygen atoms in total. The molecular weight excluding hydrogens is 304 g/mol. The third-order valence-electron chi connectivity index (χ3n) is 2.52. The SMILES string of the molecule is CCCC(Br)CNC(=O)Cc1c(F)cccc1F. The monoisotopic (exact) mass is 319 g/mol. The predicted octanol–water partition coefficient (Wildman–Crippen LogP) is 3.19. The van der Waals surface area contributed by atoms with Gasteiger partial charge in [-0.15, -0.1) is 0 Å². The molecule has 0 aliphatic heterocycles. The van der Waals surface area contributed by atoms with E-state index in [0.717, 1.165) is 25.0 Å². The molecule has 0 aromatic heterocycles. The summed E-state index contributed by atoms with van der Waals surface area (Å²) in [7, 11) is 0. The van der Waals surface area contributed by atoms with Gasteiger partial charge in [0.1, 0.15) is 11.6 Å². The van der Waals surface area contributed by atoms with Crippen LogP contribution in [-0.2, 0) is 11.2 Å². The van der Waals surface area contributed by atoms with Gasteiger partial charge in [-0.1, -0.05) is 35.3 Å². The van der Waals surface area contributed by atoms with Crippen molar-refractivity contribution >= 4 is 21.8 Å². The molecule has 18 heavy (non-hydrogen) atoms. The Morgan fingerprint density at radius 3 is 2.56 bits per heavy atom. The summed E-state index contributed by atoms with van der Waals surface area (Å²) in [5.41, 5.74) is -0.184. The van der Waals surface area contributed by atoms with Crippen molar-refractivity contribution in [2.45, 2.75) is 31.0 Å². The third-order valence-corrected chi connectivity index (χ3v) is 3.30. The fourth-order valence-electron chi connectivity index (χ4n) is 1.56. The molecule has 0 spiro atoms. The van der Waals surface area contributed by atoms with Gasteiger partial charge in [0.15, 0.2) is 0 Å². The summed E-state index contributed by atoms with van der Waals surface area (Å²) in [5, 5.41) is 2.65. The minimum absolute atomic E-state index is 0.184. The molecule has 1 rings (SSSR count). The van der Waals surface area contributed by atoms with E-state index in [9.17, 15) is 13.6 Å². The Hall–Kier alpha value is -0.970. The molecule has 0 saturated heterocycles. The maximum Gasteiger partial charge on any atom is 0.224 e. The number of amides is 1. The largest absolute Gasteiger partial charge is 0.355 e. The molecule has 0 radical (unpaired) electrons. The van der Waals surface area contributed by atoms with Crippen molar-refractivity contribution in [2.24, 2.45) is 0 Å². The van der Waals surface area contributed by atoms with Crippen LogP contribution < -0.4 is 5.32 Å². The lowest BCUT2D eigenvalue weighted by atomic mass is 10.1. The van der Waals surface area contributed by atoms with Gasteiger partial charge in [-0.05, 0) is 18.6 Å². The zero-order chi connectivity index (χ0) is 13.5. The van der Waals surface area contributed by atoms with E-state index in [4.69, 9.17) is 0 Å². The van der Waals surface area contributed by atoms with Crippen molar-refractivity contribution in [3.8, 4) is 0 Å². The molecule has 0 fully saturated rings. The topological polar surface area (TPSA) is 29.1 Å². The normalized spacial score (nSPS) is 12.2. The Morgan fingerprint density at radius 1 is 1.39 bits per heavy atom. The lowest BCUT2D eigenvalue weighted by Gasteiger charge is -2.10. The number of hydrogen-bond acceptors (Lipinski definition) is 1. The van der Waals surface area contributed by atoms with Crippen LogP contribution in [0.1, 0.15) is 25.3 Å². The Balaban J connectivity index is 2.50. The van der Waals surface area contributed by atoms with Crippen LogP contribution >= 0.6 is 15.9 Å². The van der Waals surface area contributed by atoms with Gasteiger partial charge in [0.2, 0.25) is 5.91 Å². The van der Waals surface area contributed by atoms with Gasteiger partial charge in [-0.2, -0.15) is 0 Å². The van der Waals surface area contributed by atoms with E-state index < -0.39 is 11.6 Å². The molecule has 0 aliphatic carbocycles. The van der Waals surface area contributed by atoms with Crippen molar-refractivity contribution < 1.29 is 13.6 Å². The Bertz CT molecular complexity index is 392. The summed E-state index contributed by atoms with van der Waals surface area (Å²) in [6.45, 7) is 2.51. The number of halogens is 3. The number of benzene rings is 1. The second-order valence-electron chi connectivity index (χ2n) is 4.07. The lowest BCUT2D eigenvalue weighted by Crippen LogP contribution is -2.31. The summed E-state index contributed by atoms with van der Waals surface area (Å²) in [4.78, 5) is 11.8. The van der Waals surface area contributed by atoms with E-state index in [1.54, 1.807) is 0 Å². The molecule has 1 unspecified atom stereocenters. The summed E-state index contributed by atoms with van der Waals surface area (Å²) >= 11 is 3.42. The first-order valence-corrected chi connectivity index (χ1v) is 6.79.